The predicted molar refractivity (Wildman–Crippen MR) is 74.9 cm³/mol. The Morgan fingerprint density at radius 3 is 2.24 bits per heavy atom. The predicted octanol–water partition coefficient (Wildman–Crippen LogP) is 1.26. The van der Waals surface area contributed by atoms with E-state index in [-0.39, 0.29) is 6.61 Å². The summed E-state index contributed by atoms with van der Waals surface area (Å²) in [6.45, 7) is 9.74. The van der Waals surface area contributed by atoms with Crippen LogP contribution in [0.5, 0.6) is 0 Å². The molecule has 2 amide bonds. The lowest BCUT2D eigenvalue weighted by molar-refractivity contribution is -0.140. The summed E-state index contributed by atoms with van der Waals surface area (Å²) >= 11 is 0. The number of carbonyl (C=O) groups excluding carboxylic acids is 2. The highest BCUT2D eigenvalue weighted by atomic mass is 16.6. The van der Waals surface area contributed by atoms with Crippen LogP contribution in [0.4, 0.5) is 9.59 Å². The summed E-state index contributed by atoms with van der Waals surface area (Å²) in [5.41, 5.74) is -0.757. The van der Waals surface area contributed by atoms with Gasteiger partial charge in [-0.2, -0.15) is 0 Å². The van der Waals surface area contributed by atoms with E-state index in [1.54, 1.807) is 20.8 Å². The monoisotopic (exact) mass is 302 g/mol. The number of hydrogen-bond acceptors (Lipinski definition) is 5. The van der Waals surface area contributed by atoms with Crippen LogP contribution >= 0.6 is 0 Å². The van der Waals surface area contributed by atoms with Crippen molar-refractivity contribution in [3.8, 4) is 0 Å². The first kappa shape index (κ1) is 18.8. The number of aliphatic carboxylic acids is 1. The van der Waals surface area contributed by atoms with Gasteiger partial charge < -0.3 is 25.2 Å². The van der Waals surface area contributed by atoms with Gasteiger partial charge in [0, 0.05) is 0 Å². The van der Waals surface area contributed by atoms with Gasteiger partial charge in [0.25, 0.3) is 0 Å². The Kier molecular flexibility index (Phi) is 7.26. The molecule has 3 N–H and O–H groups in total. The molecular weight excluding hydrogens is 280 g/mol. The van der Waals surface area contributed by atoms with Gasteiger partial charge in [0.1, 0.15) is 18.2 Å². The lowest BCUT2D eigenvalue weighted by atomic mass is 10.1. The van der Waals surface area contributed by atoms with Crippen LogP contribution in [0.3, 0.4) is 0 Å². The van der Waals surface area contributed by atoms with Crippen molar-refractivity contribution in [1.29, 1.82) is 0 Å². The second-order valence-electron chi connectivity index (χ2n) is 5.28. The highest BCUT2D eigenvalue weighted by molar-refractivity contribution is 5.81. The van der Waals surface area contributed by atoms with E-state index < -0.39 is 35.8 Å². The minimum atomic E-state index is -1.35. The van der Waals surface area contributed by atoms with Crippen molar-refractivity contribution in [2.75, 3.05) is 6.61 Å². The number of carbonyl (C=O) groups is 3. The summed E-state index contributed by atoms with van der Waals surface area (Å²) in [5.74, 6) is -1.31. The molecule has 8 heteroatoms. The van der Waals surface area contributed by atoms with E-state index in [4.69, 9.17) is 9.84 Å². The van der Waals surface area contributed by atoms with Gasteiger partial charge in [-0.1, -0.05) is 12.7 Å². The molecule has 21 heavy (non-hydrogen) atoms. The number of alkyl carbamates (subject to hydrolysis) is 2. The average Bonchev–Trinajstić information content (AvgIpc) is 2.30. The molecule has 0 aromatic heterocycles. The molecule has 8 nitrogen and oxygen atoms in total. The van der Waals surface area contributed by atoms with E-state index in [0.29, 0.717) is 0 Å². The van der Waals surface area contributed by atoms with Crippen LogP contribution < -0.4 is 10.6 Å². The minimum absolute atomic E-state index is 0.00418. The van der Waals surface area contributed by atoms with Crippen LogP contribution in [0, 0.1) is 0 Å². The zero-order valence-electron chi connectivity index (χ0n) is 12.6. The third-order valence-electron chi connectivity index (χ3n) is 2.12. The Balaban J connectivity index is 4.60. The van der Waals surface area contributed by atoms with Crippen LogP contribution in [-0.4, -0.2) is 47.6 Å². The fraction of sp³-hybridized carbons (Fsp3) is 0.615. The maximum Gasteiger partial charge on any atom is 0.408 e. The second-order valence-corrected chi connectivity index (χ2v) is 5.28. The number of carboxylic acid groups (broad SMARTS) is 1. The molecule has 120 valence electrons. The molecule has 0 aliphatic heterocycles. The number of amides is 2. The molecule has 0 aliphatic carbocycles. The van der Waals surface area contributed by atoms with Crippen LogP contribution in [0.15, 0.2) is 12.7 Å². The van der Waals surface area contributed by atoms with Gasteiger partial charge in [0.15, 0.2) is 0 Å². The normalized spacial score (nSPS) is 13.5. The molecule has 0 rings (SSSR count). The number of hydrogen-bond donors (Lipinski definition) is 3. The van der Waals surface area contributed by atoms with E-state index in [1.807, 2.05) is 0 Å². The molecule has 2 atom stereocenters. The molecule has 0 heterocycles. The van der Waals surface area contributed by atoms with Crippen molar-refractivity contribution in [2.45, 2.75) is 45.4 Å². The number of nitrogens with one attached hydrogen (secondary N) is 2. The quantitative estimate of drug-likeness (QED) is 0.637. The van der Waals surface area contributed by atoms with E-state index in [0.717, 1.165) is 0 Å². The van der Waals surface area contributed by atoms with Crippen LogP contribution in [0.1, 0.15) is 27.7 Å². The summed E-state index contributed by atoms with van der Waals surface area (Å²) in [7, 11) is 0. The van der Waals surface area contributed by atoms with Gasteiger partial charge in [0.2, 0.25) is 0 Å². The third kappa shape index (κ3) is 8.51. The van der Waals surface area contributed by atoms with Crippen LogP contribution in [0.2, 0.25) is 0 Å². The Morgan fingerprint density at radius 1 is 1.24 bits per heavy atom. The zero-order valence-corrected chi connectivity index (χ0v) is 12.6. The summed E-state index contributed by atoms with van der Waals surface area (Å²) in [5, 5.41) is 13.6. The second kappa shape index (κ2) is 8.13. The fourth-order valence-corrected chi connectivity index (χ4v) is 1.28. The summed E-state index contributed by atoms with van der Waals surface area (Å²) in [6, 6.07) is -2.25. The Labute approximate surface area is 123 Å². The van der Waals surface area contributed by atoms with Crippen LogP contribution in [-0.2, 0) is 14.3 Å². The van der Waals surface area contributed by atoms with E-state index in [9.17, 15) is 14.4 Å². The van der Waals surface area contributed by atoms with Gasteiger partial charge in [0.05, 0.1) is 6.04 Å². The topological polar surface area (TPSA) is 114 Å². The maximum absolute atomic E-state index is 11.6. The Hall–Kier alpha value is -2.25. The molecule has 0 unspecified atom stereocenters. The number of rotatable bonds is 6. The van der Waals surface area contributed by atoms with Gasteiger partial charge >= 0.3 is 18.2 Å². The largest absolute Gasteiger partial charge is 0.480 e. The number of ether oxygens (including phenoxy) is 2. The third-order valence-corrected chi connectivity index (χ3v) is 2.12. The zero-order chi connectivity index (χ0) is 16.6. The highest BCUT2D eigenvalue weighted by Crippen LogP contribution is 2.07. The van der Waals surface area contributed by atoms with Crippen molar-refractivity contribution in [3.63, 3.8) is 0 Å². The molecule has 0 saturated carbocycles. The molecule has 0 aliphatic rings. The molecular formula is C13H22N2O6. The first-order chi connectivity index (χ1) is 9.56. The molecule has 0 radical (unpaired) electrons. The first-order valence-electron chi connectivity index (χ1n) is 6.33. The van der Waals surface area contributed by atoms with Gasteiger partial charge in [-0.3, -0.25) is 0 Å². The lowest BCUT2D eigenvalue weighted by Crippen LogP contribution is -2.55. The molecule has 0 fully saturated rings. The van der Waals surface area contributed by atoms with Gasteiger partial charge in [-0.25, -0.2) is 14.4 Å². The average molecular weight is 302 g/mol. The van der Waals surface area contributed by atoms with Crippen molar-refractivity contribution in [1.82, 2.24) is 10.6 Å². The summed E-state index contributed by atoms with van der Waals surface area (Å²) in [6.07, 6.45) is -0.319. The number of carboxylic acids is 1. The summed E-state index contributed by atoms with van der Waals surface area (Å²) in [4.78, 5) is 34.1. The first-order valence-corrected chi connectivity index (χ1v) is 6.33. The van der Waals surface area contributed by atoms with E-state index in [1.165, 1.54) is 13.0 Å². The van der Waals surface area contributed by atoms with Crippen molar-refractivity contribution in [3.05, 3.63) is 12.7 Å². The summed E-state index contributed by atoms with van der Waals surface area (Å²) < 4.78 is 9.64. The van der Waals surface area contributed by atoms with Crippen molar-refractivity contribution < 1.29 is 29.0 Å². The van der Waals surface area contributed by atoms with Crippen molar-refractivity contribution in [2.24, 2.45) is 0 Å². The molecule has 0 bridgehead atoms. The van der Waals surface area contributed by atoms with Crippen molar-refractivity contribution >= 4 is 18.2 Å². The smallest absolute Gasteiger partial charge is 0.408 e. The molecule has 0 aromatic carbocycles. The molecule has 0 aromatic rings. The fourth-order valence-electron chi connectivity index (χ4n) is 1.28. The molecule has 0 spiro atoms. The maximum atomic E-state index is 11.6. The SMILES string of the molecule is C=CCOC(=O)N[C@H](C)[C@H](NC(=O)OC(C)(C)C)C(=O)O. The Morgan fingerprint density at radius 2 is 1.81 bits per heavy atom. The standard InChI is InChI=1S/C13H22N2O6/c1-6-7-20-11(18)14-8(2)9(10(16)17)15-12(19)21-13(3,4)5/h6,8-9H,1,7H2,2-5H3,(H,14,18)(H,15,19)(H,16,17)/t8-,9+/m1/s1. The van der Waals surface area contributed by atoms with Crippen LogP contribution in [0.25, 0.3) is 0 Å². The highest BCUT2D eigenvalue weighted by Gasteiger charge is 2.30. The minimum Gasteiger partial charge on any atom is -0.480 e. The van der Waals surface area contributed by atoms with Gasteiger partial charge in [-0.05, 0) is 27.7 Å². The Bertz CT molecular complexity index is 402. The lowest BCUT2D eigenvalue weighted by Gasteiger charge is -2.25. The van der Waals surface area contributed by atoms with E-state index in [2.05, 4.69) is 21.9 Å². The van der Waals surface area contributed by atoms with E-state index >= 15 is 0 Å². The van der Waals surface area contributed by atoms with Gasteiger partial charge in [-0.15, -0.1) is 0 Å². The molecule has 0 saturated heterocycles.